The number of nitrogens with zero attached hydrogens (tertiary/aromatic N) is 2. The van der Waals surface area contributed by atoms with E-state index in [-0.39, 0.29) is 5.92 Å². The second kappa shape index (κ2) is 6.13. The molecule has 1 N–H and O–H groups in total. The van der Waals surface area contributed by atoms with Gasteiger partial charge in [-0.15, -0.1) is 0 Å². The lowest BCUT2D eigenvalue weighted by molar-refractivity contribution is 0.0696. The minimum absolute atomic E-state index is 0.249. The largest absolute Gasteiger partial charge is 0.478 e. The van der Waals surface area contributed by atoms with Crippen LogP contribution in [0.3, 0.4) is 0 Å². The smallest absolute Gasteiger partial charge is 0.335 e. The van der Waals surface area contributed by atoms with Gasteiger partial charge in [0.2, 0.25) is 0 Å². The first-order valence-corrected chi connectivity index (χ1v) is 8.97. The summed E-state index contributed by atoms with van der Waals surface area (Å²) in [6.45, 7) is 7.14. The number of benzene rings is 2. The van der Waals surface area contributed by atoms with Crippen molar-refractivity contribution in [3.8, 4) is 22.5 Å². The van der Waals surface area contributed by atoms with E-state index < -0.39 is 5.97 Å². The van der Waals surface area contributed by atoms with Gasteiger partial charge in [0.25, 0.3) is 0 Å². The number of carbonyl (C=O) groups is 1. The molecule has 2 heterocycles. The molecule has 4 nitrogen and oxygen atoms in total. The Kier molecular flexibility index (Phi) is 3.91. The maximum Gasteiger partial charge on any atom is 0.335 e. The third-order valence-electron chi connectivity index (χ3n) is 5.29. The summed E-state index contributed by atoms with van der Waals surface area (Å²) in [7, 11) is 0. The number of rotatable bonds is 3. The van der Waals surface area contributed by atoms with Crippen molar-refractivity contribution in [1.29, 1.82) is 0 Å². The third-order valence-corrected chi connectivity index (χ3v) is 5.29. The van der Waals surface area contributed by atoms with Gasteiger partial charge in [-0.3, -0.25) is 4.68 Å². The molecular formula is C22H22N2O2. The van der Waals surface area contributed by atoms with E-state index in [1.807, 2.05) is 31.2 Å². The summed E-state index contributed by atoms with van der Waals surface area (Å²) in [5.74, 6) is -0.226. The van der Waals surface area contributed by atoms with Gasteiger partial charge >= 0.3 is 5.97 Å². The maximum atomic E-state index is 11.5. The van der Waals surface area contributed by atoms with Crippen molar-refractivity contribution in [3.63, 3.8) is 0 Å². The van der Waals surface area contributed by atoms with Gasteiger partial charge in [-0.1, -0.05) is 44.2 Å². The van der Waals surface area contributed by atoms with E-state index in [0.29, 0.717) is 11.5 Å². The number of aryl methyl sites for hydroxylation is 1. The molecule has 0 bridgehead atoms. The highest BCUT2D eigenvalue weighted by atomic mass is 16.4. The highest BCUT2D eigenvalue weighted by Crippen LogP contribution is 2.43. The van der Waals surface area contributed by atoms with Crippen molar-refractivity contribution in [2.75, 3.05) is 0 Å². The fraction of sp³-hybridized carbons (Fsp3) is 0.273. The van der Waals surface area contributed by atoms with Crippen molar-refractivity contribution in [3.05, 3.63) is 65.2 Å². The molecule has 132 valence electrons. The van der Waals surface area contributed by atoms with E-state index in [1.165, 1.54) is 0 Å². The van der Waals surface area contributed by atoms with Crippen LogP contribution in [0.1, 0.15) is 41.3 Å². The fourth-order valence-electron chi connectivity index (χ4n) is 3.94. The van der Waals surface area contributed by atoms with Gasteiger partial charge in [0.15, 0.2) is 0 Å². The van der Waals surface area contributed by atoms with Gasteiger partial charge in [0.1, 0.15) is 0 Å². The average molecular weight is 346 g/mol. The summed E-state index contributed by atoms with van der Waals surface area (Å²) >= 11 is 0. The van der Waals surface area contributed by atoms with Gasteiger partial charge in [-0.2, -0.15) is 5.10 Å². The van der Waals surface area contributed by atoms with Crippen LogP contribution in [0.25, 0.3) is 22.5 Å². The second-order valence-corrected chi connectivity index (χ2v) is 7.38. The monoisotopic (exact) mass is 346 g/mol. The molecule has 0 fully saturated rings. The molecule has 26 heavy (non-hydrogen) atoms. The first-order chi connectivity index (χ1) is 12.5. The molecule has 0 aliphatic carbocycles. The van der Waals surface area contributed by atoms with Gasteiger partial charge in [-0.05, 0) is 42.2 Å². The molecule has 0 amide bonds. The average Bonchev–Trinajstić information content (AvgIpc) is 3.05. The zero-order valence-electron chi connectivity index (χ0n) is 15.2. The Morgan fingerprint density at radius 1 is 1.19 bits per heavy atom. The highest BCUT2D eigenvalue weighted by Gasteiger charge is 2.30. The lowest BCUT2D eigenvalue weighted by Crippen LogP contribution is -2.23. The Hall–Kier alpha value is -2.88. The van der Waals surface area contributed by atoms with Gasteiger partial charge in [-0.25, -0.2) is 4.79 Å². The third kappa shape index (κ3) is 2.62. The van der Waals surface area contributed by atoms with Gasteiger partial charge in [0.05, 0.1) is 17.0 Å². The quantitative estimate of drug-likeness (QED) is 0.728. The Bertz CT molecular complexity index is 987. The van der Waals surface area contributed by atoms with E-state index in [9.17, 15) is 9.90 Å². The molecule has 0 saturated carbocycles. The van der Waals surface area contributed by atoms with Crippen LogP contribution in [0, 0.1) is 12.8 Å². The van der Waals surface area contributed by atoms with Crippen molar-refractivity contribution < 1.29 is 9.90 Å². The number of hydrogen-bond acceptors (Lipinski definition) is 2. The maximum absolute atomic E-state index is 11.5. The predicted octanol–water partition coefficient (Wildman–Crippen LogP) is 4.98. The molecule has 3 aromatic rings. The summed E-state index contributed by atoms with van der Waals surface area (Å²) in [5.41, 5.74) is 6.74. The van der Waals surface area contributed by atoms with Crippen LogP contribution in [0.5, 0.6) is 0 Å². The summed E-state index contributed by atoms with van der Waals surface area (Å²) in [5, 5.41) is 14.3. The molecule has 1 atom stereocenters. The molecule has 2 aromatic carbocycles. The minimum Gasteiger partial charge on any atom is -0.478 e. The van der Waals surface area contributed by atoms with Crippen LogP contribution in [-0.4, -0.2) is 20.9 Å². The standard InChI is InChI=1S/C22H22N2O2/c1-13(2)18-12-24-20(11-19(23-24)15-7-5-4-6-8-15)21-14(3)9-16(22(25)26)10-17(18)21/h4-11,13,18H,12H2,1-3H3,(H,25,26)/t18-/m0/s1. The molecular weight excluding hydrogens is 324 g/mol. The van der Waals surface area contributed by atoms with E-state index in [1.54, 1.807) is 6.07 Å². The van der Waals surface area contributed by atoms with Crippen LogP contribution in [0.2, 0.25) is 0 Å². The predicted molar refractivity (Wildman–Crippen MR) is 102 cm³/mol. The lowest BCUT2D eigenvalue weighted by Gasteiger charge is -2.31. The van der Waals surface area contributed by atoms with Gasteiger partial charge in [0, 0.05) is 23.6 Å². The van der Waals surface area contributed by atoms with E-state index in [0.717, 1.165) is 40.2 Å². The Balaban J connectivity index is 1.93. The second-order valence-electron chi connectivity index (χ2n) is 7.38. The first kappa shape index (κ1) is 16.6. The van der Waals surface area contributed by atoms with Crippen molar-refractivity contribution in [2.24, 2.45) is 5.92 Å². The van der Waals surface area contributed by atoms with Crippen LogP contribution < -0.4 is 0 Å². The number of aromatic nitrogens is 2. The summed E-state index contributed by atoms with van der Waals surface area (Å²) in [6, 6.07) is 15.9. The van der Waals surface area contributed by atoms with E-state index >= 15 is 0 Å². The Labute approximate surface area is 153 Å². The van der Waals surface area contributed by atoms with Crippen molar-refractivity contribution in [1.82, 2.24) is 9.78 Å². The normalized spacial score (nSPS) is 15.6. The number of carboxylic acids is 1. The molecule has 4 heteroatoms. The molecule has 1 aliphatic heterocycles. The minimum atomic E-state index is -0.873. The van der Waals surface area contributed by atoms with E-state index in [2.05, 4.69) is 36.7 Å². The fourth-order valence-corrected chi connectivity index (χ4v) is 3.94. The number of aromatic carboxylic acids is 1. The van der Waals surface area contributed by atoms with Gasteiger partial charge < -0.3 is 5.11 Å². The molecule has 1 aromatic heterocycles. The number of carboxylic acid groups (broad SMARTS) is 1. The van der Waals surface area contributed by atoms with Crippen molar-refractivity contribution >= 4 is 5.97 Å². The van der Waals surface area contributed by atoms with Crippen LogP contribution >= 0.6 is 0 Å². The zero-order chi connectivity index (χ0) is 18.4. The lowest BCUT2D eigenvalue weighted by atomic mass is 9.80. The highest BCUT2D eigenvalue weighted by molar-refractivity contribution is 5.90. The number of fused-ring (bicyclic) bond motifs is 3. The summed E-state index contributed by atoms with van der Waals surface area (Å²) in [6.07, 6.45) is 0. The Morgan fingerprint density at radius 3 is 2.58 bits per heavy atom. The van der Waals surface area contributed by atoms with Crippen LogP contribution in [0.4, 0.5) is 0 Å². The first-order valence-electron chi connectivity index (χ1n) is 8.97. The van der Waals surface area contributed by atoms with Crippen LogP contribution in [-0.2, 0) is 6.54 Å². The molecule has 4 rings (SSSR count). The molecule has 0 spiro atoms. The summed E-state index contributed by atoms with van der Waals surface area (Å²) in [4.78, 5) is 11.5. The zero-order valence-corrected chi connectivity index (χ0v) is 15.2. The number of hydrogen-bond donors (Lipinski definition) is 1. The van der Waals surface area contributed by atoms with Crippen molar-refractivity contribution in [2.45, 2.75) is 33.2 Å². The topological polar surface area (TPSA) is 55.1 Å². The van der Waals surface area contributed by atoms with Crippen LogP contribution in [0.15, 0.2) is 48.5 Å². The molecule has 0 unspecified atom stereocenters. The SMILES string of the molecule is Cc1cc(C(=O)O)cc2c1-c1cc(-c3ccccc3)nn1C[C@H]2C(C)C. The molecule has 1 aliphatic rings. The molecule has 0 saturated heterocycles. The summed E-state index contributed by atoms with van der Waals surface area (Å²) < 4.78 is 2.09. The Morgan fingerprint density at radius 2 is 1.92 bits per heavy atom. The van der Waals surface area contributed by atoms with E-state index in [4.69, 9.17) is 5.10 Å². The molecule has 0 radical (unpaired) electrons.